The van der Waals surface area contributed by atoms with Crippen LogP contribution in [0.5, 0.6) is 0 Å². The predicted molar refractivity (Wildman–Crippen MR) is 86.7 cm³/mol. The van der Waals surface area contributed by atoms with Crippen molar-refractivity contribution >= 4 is 26.9 Å². The molecule has 0 aliphatic heterocycles. The van der Waals surface area contributed by atoms with Gasteiger partial charge in [0.25, 0.3) is 0 Å². The topological polar surface area (TPSA) is 87.7 Å². The fourth-order valence-electron chi connectivity index (χ4n) is 1.94. The summed E-state index contributed by atoms with van der Waals surface area (Å²) in [6.45, 7) is 0.333. The van der Waals surface area contributed by atoms with Gasteiger partial charge in [-0.3, -0.25) is 5.10 Å². The van der Waals surface area contributed by atoms with E-state index in [0.29, 0.717) is 23.9 Å². The molecule has 0 aliphatic carbocycles. The molecule has 0 atom stereocenters. The summed E-state index contributed by atoms with van der Waals surface area (Å²) in [4.78, 5) is 4.86. The Morgan fingerprint density at radius 3 is 2.58 bits per heavy atom. The van der Waals surface area contributed by atoms with Crippen LogP contribution in [0.3, 0.4) is 0 Å². The molecule has 0 radical (unpaired) electrons. The van der Waals surface area contributed by atoms with Gasteiger partial charge in [-0.2, -0.15) is 13.9 Å². The van der Waals surface area contributed by atoms with Crippen LogP contribution in [0.2, 0.25) is 0 Å². The first-order chi connectivity index (χ1) is 11.5. The lowest BCUT2D eigenvalue weighted by Crippen LogP contribution is -2.11. The van der Waals surface area contributed by atoms with Crippen molar-refractivity contribution in [3.8, 4) is 10.7 Å². The number of hydrogen-bond acceptors (Lipinski definition) is 6. The maximum Gasteiger partial charge on any atom is 0.341 e. The molecular formula is C14H12F2N4O2S2. The third-order valence-corrected chi connectivity index (χ3v) is 5.41. The number of H-pyrrole nitrogens is 1. The predicted octanol–water partition coefficient (Wildman–Crippen LogP) is 3.14. The first-order valence-electron chi connectivity index (χ1n) is 6.78. The van der Waals surface area contributed by atoms with Crippen LogP contribution in [0.4, 0.5) is 14.5 Å². The standard InChI is InChI=1S/C14H12F2N4O2S2/c15-14(16)24(21,22)10-5-3-9(4-6-10)17-8-12-18-13(20-19-12)11-2-1-7-23-11/h1-7,14,17H,8H2,(H,18,19,20). The highest BCUT2D eigenvalue weighted by Crippen LogP contribution is 2.22. The van der Waals surface area contributed by atoms with Crippen LogP contribution in [-0.4, -0.2) is 29.4 Å². The zero-order valence-corrected chi connectivity index (χ0v) is 13.7. The number of hydrogen-bond donors (Lipinski definition) is 2. The summed E-state index contributed by atoms with van der Waals surface area (Å²) < 4.78 is 47.6. The molecule has 0 saturated carbocycles. The Morgan fingerprint density at radius 2 is 1.96 bits per heavy atom. The third-order valence-electron chi connectivity index (χ3n) is 3.15. The van der Waals surface area contributed by atoms with Gasteiger partial charge in [0.05, 0.1) is 16.3 Å². The van der Waals surface area contributed by atoms with E-state index in [4.69, 9.17) is 0 Å². The summed E-state index contributed by atoms with van der Waals surface area (Å²) in [5.74, 6) is -2.23. The molecule has 126 valence electrons. The van der Waals surface area contributed by atoms with Crippen LogP contribution in [0.1, 0.15) is 5.82 Å². The quantitative estimate of drug-likeness (QED) is 0.696. The number of nitrogens with one attached hydrogen (secondary N) is 2. The van der Waals surface area contributed by atoms with Gasteiger partial charge in [-0.1, -0.05) is 6.07 Å². The van der Waals surface area contributed by atoms with Crippen LogP contribution >= 0.6 is 11.3 Å². The Labute approximate surface area is 140 Å². The maximum absolute atomic E-state index is 12.5. The number of anilines is 1. The van der Waals surface area contributed by atoms with Gasteiger partial charge >= 0.3 is 5.76 Å². The number of rotatable bonds is 6. The van der Waals surface area contributed by atoms with Crippen molar-refractivity contribution in [2.75, 3.05) is 5.32 Å². The molecule has 2 N–H and O–H groups in total. The highest BCUT2D eigenvalue weighted by Gasteiger charge is 2.26. The van der Waals surface area contributed by atoms with Gasteiger partial charge in [0.15, 0.2) is 5.82 Å². The molecule has 0 saturated heterocycles. The minimum atomic E-state index is -4.57. The summed E-state index contributed by atoms with van der Waals surface area (Å²) in [6.07, 6.45) is 0. The number of aromatic nitrogens is 3. The lowest BCUT2D eigenvalue weighted by Gasteiger charge is -2.06. The zero-order chi connectivity index (χ0) is 17.2. The van der Waals surface area contributed by atoms with E-state index in [2.05, 4.69) is 20.5 Å². The van der Waals surface area contributed by atoms with Gasteiger partial charge in [0, 0.05) is 5.69 Å². The lowest BCUT2D eigenvalue weighted by atomic mass is 10.3. The van der Waals surface area contributed by atoms with E-state index in [1.165, 1.54) is 23.5 Å². The maximum atomic E-state index is 12.5. The van der Waals surface area contributed by atoms with E-state index in [9.17, 15) is 17.2 Å². The Morgan fingerprint density at radius 1 is 1.21 bits per heavy atom. The second kappa shape index (κ2) is 6.65. The minimum absolute atomic E-state index is 0.333. The molecular weight excluding hydrogens is 358 g/mol. The van der Waals surface area contributed by atoms with E-state index in [1.54, 1.807) is 0 Å². The summed E-state index contributed by atoms with van der Waals surface area (Å²) >= 11 is 1.53. The van der Waals surface area contributed by atoms with Crippen LogP contribution < -0.4 is 5.32 Å². The number of sulfone groups is 1. The highest BCUT2D eigenvalue weighted by molar-refractivity contribution is 7.91. The molecule has 2 heterocycles. The smallest absolute Gasteiger partial charge is 0.341 e. The second-order valence-electron chi connectivity index (χ2n) is 4.77. The van der Waals surface area contributed by atoms with Gasteiger partial charge in [0.1, 0.15) is 5.82 Å². The summed E-state index contributed by atoms with van der Waals surface area (Å²) in [6, 6.07) is 8.94. The molecule has 0 amide bonds. The first-order valence-corrected chi connectivity index (χ1v) is 9.20. The molecule has 0 spiro atoms. The Hall–Kier alpha value is -2.33. The highest BCUT2D eigenvalue weighted by atomic mass is 32.2. The molecule has 3 aromatic rings. The van der Waals surface area contributed by atoms with Crippen molar-refractivity contribution in [2.45, 2.75) is 17.2 Å². The van der Waals surface area contributed by atoms with Crippen molar-refractivity contribution in [3.63, 3.8) is 0 Å². The molecule has 24 heavy (non-hydrogen) atoms. The van der Waals surface area contributed by atoms with Gasteiger partial charge in [-0.15, -0.1) is 11.3 Å². The normalized spacial score (nSPS) is 11.8. The van der Waals surface area contributed by atoms with Crippen molar-refractivity contribution in [3.05, 3.63) is 47.6 Å². The molecule has 10 heteroatoms. The molecule has 0 unspecified atom stereocenters. The van der Waals surface area contributed by atoms with Crippen LogP contribution in [-0.2, 0) is 16.4 Å². The molecule has 6 nitrogen and oxygen atoms in total. The second-order valence-corrected chi connectivity index (χ2v) is 7.63. The number of thiophene rings is 1. The first kappa shape index (κ1) is 16.5. The number of nitrogens with zero attached hydrogens (tertiary/aromatic N) is 2. The van der Waals surface area contributed by atoms with Crippen LogP contribution in [0, 0.1) is 0 Å². The van der Waals surface area contributed by atoms with Crippen molar-refractivity contribution < 1.29 is 17.2 Å². The van der Waals surface area contributed by atoms with Gasteiger partial charge in [-0.25, -0.2) is 13.4 Å². The van der Waals surface area contributed by atoms with Crippen molar-refractivity contribution in [2.24, 2.45) is 0 Å². The lowest BCUT2D eigenvalue weighted by molar-refractivity contribution is 0.234. The fourth-order valence-corrected chi connectivity index (χ4v) is 3.32. The van der Waals surface area contributed by atoms with E-state index >= 15 is 0 Å². The summed E-state index contributed by atoms with van der Waals surface area (Å²) in [5, 5.41) is 11.9. The SMILES string of the molecule is O=S(=O)(c1ccc(NCc2nc(-c3cccs3)n[nH]2)cc1)C(F)F. The van der Waals surface area contributed by atoms with Gasteiger partial charge in [0.2, 0.25) is 9.84 Å². The van der Waals surface area contributed by atoms with E-state index in [1.807, 2.05) is 17.5 Å². The summed E-state index contributed by atoms with van der Waals surface area (Å²) in [7, 11) is -4.57. The van der Waals surface area contributed by atoms with Crippen LogP contribution in [0.15, 0.2) is 46.7 Å². The minimum Gasteiger partial charge on any atom is -0.378 e. The van der Waals surface area contributed by atoms with E-state index in [-0.39, 0.29) is 0 Å². The van der Waals surface area contributed by atoms with E-state index < -0.39 is 20.5 Å². The molecule has 2 aromatic heterocycles. The number of halogens is 2. The molecule has 0 bridgehead atoms. The Bertz CT molecular complexity index is 907. The van der Waals surface area contributed by atoms with Gasteiger partial charge in [-0.05, 0) is 35.7 Å². The molecule has 0 fully saturated rings. The van der Waals surface area contributed by atoms with Crippen molar-refractivity contribution in [1.29, 1.82) is 0 Å². The van der Waals surface area contributed by atoms with E-state index in [0.717, 1.165) is 17.0 Å². The van der Waals surface area contributed by atoms with Crippen LogP contribution in [0.25, 0.3) is 10.7 Å². The monoisotopic (exact) mass is 370 g/mol. The Balaban J connectivity index is 1.65. The molecule has 3 rings (SSSR count). The fraction of sp³-hybridized carbons (Fsp3) is 0.143. The number of aromatic amines is 1. The van der Waals surface area contributed by atoms with Crippen molar-refractivity contribution in [1.82, 2.24) is 15.2 Å². The molecule has 1 aromatic carbocycles. The van der Waals surface area contributed by atoms with Gasteiger partial charge < -0.3 is 5.32 Å². The average Bonchev–Trinajstić information content (AvgIpc) is 3.24. The number of benzene rings is 1. The summed E-state index contributed by atoms with van der Waals surface area (Å²) in [5.41, 5.74) is 0.581. The largest absolute Gasteiger partial charge is 0.378 e. The zero-order valence-electron chi connectivity index (χ0n) is 12.1. The molecule has 0 aliphatic rings. The average molecular weight is 370 g/mol. The third kappa shape index (κ3) is 3.44. The Kier molecular flexibility index (Phi) is 4.58. The number of alkyl halides is 2.